The first-order valence-corrected chi connectivity index (χ1v) is 8.12. The number of methoxy groups -OCH3 is 1. The lowest BCUT2D eigenvalue weighted by Crippen LogP contribution is -2.00. The van der Waals surface area contributed by atoms with Crippen LogP contribution in [0.3, 0.4) is 0 Å². The molecular formula is C19H18ClNO3. The number of ether oxygens (including phenoxy) is 2. The van der Waals surface area contributed by atoms with Gasteiger partial charge in [-0.15, -0.1) is 11.6 Å². The summed E-state index contributed by atoms with van der Waals surface area (Å²) in [6.07, 6.45) is 0. The standard InChI is InChI=1S/C19H18ClNO3/c1-13-16(21-19(24-13)15-6-4-3-5-7-15)12-23-18-10-14(11-20)8-9-17(18)22-2/h3-10H,11-12H2,1-2H3. The Morgan fingerprint density at radius 1 is 1.08 bits per heavy atom. The predicted octanol–water partition coefficient (Wildman–Crippen LogP) is 4.98. The average molecular weight is 344 g/mol. The van der Waals surface area contributed by atoms with Gasteiger partial charge in [-0.3, -0.25) is 0 Å². The van der Waals surface area contributed by atoms with Crippen molar-refractivity contribution in [1.82, 2.24) is 4.98 Å². The van der Waals surface area contributed by atoms with Gasteiger partial charge in [-0.25, -0.2) is 4.98 Å². The van der Waals surface area contributed by atoms with Crippen LogP contribution >= 0.6 is 11.6 Å². The highest BCUT2D eigenvalue weighted by Gasteiger charge is 2.13. The largest absolute Gasteiger partial charge is 0.493 e. The molecule has 1 aromatic heterocycles. The molecule has 0 spiro atoms. The second-order valence-corrected chi connectivity index (χ2v) is 5.56. The minimum Gasteiger partial charge on any atom is -0.493 e. The lowest BCUT2D eigenvalue weighted by molar-refractivity contribution is 0.279. The molecule has 24 heavy (non-hydrogen) atoms. The summed E-state index contributed by atoms with van der Waals surface area (Å²) in [5.41, 5.74) is 2.66. The summed E-state index contributed by atoms with van der Waals surface area (Å²) < 4.78 is 17.0. The van der Waals surface area contributed by atoms with E-state index in [4.69, 9.17) is 25.5 Å². The number of hydrogen-bond acceptors (Lipinski definition) is 4. The van der Waals surface area contributed by atoms with Crippen molar-refractivity contribution in [2.24, 2.45) is 0 Å². The number of alkyl halides is 1. The lowest BCUT2D eigenvalue weighted by Gasteiger charge is -2.11. The van der Waals surface area contributed by atoms with Crippen LogP contribution in [0.25, 0.3) is 11.5 Å². The zero-order valence-electron chi connectivity index (χ0n) is 13.6. The smallest absolute Gasteiger partial charge is 0.226 e. The van der Waals surface area contributed by atoms with Gasteiger partial charge in [0.25, 0.3) is 0 Å². The molecule has 0 atom stereocenters. The Kier molecular flexibility index (Phi) is 5.06. The Morgan fingerprint density at radius 2 is 1.88 bits per heavy atom. The van der Waals surface area contributed by atoms with Gasteiger partial charge >= 0.3 is 0 Å². The summed E-state index contributed by atoms with van der Waals surface area (Å²) in [7, 11) is 1.61. The quantitative estimate of drug-likeness (QED) is 0.592. The minimum atomic E-state index is 0.296. The Labute approximate surface area is 146 Å². The van der Waals surface area contributed by atoms with Crippen LogP contribution in [-0.4, -0.2) is 12.1 Å². The maximum absolute atomic E-state index is 5.88. The first kappa shape index (κ1) is 16.4. The summed E-state index contributed by atoms with van der Waals surface area (Å²) in [6, 6.07) is 15.4. The molecule has 0 N–H and O–H groups in total. The van der Waals surface area contributed by atoms with Crippen LogP contribution in [0.2, 0.25) is 0 Å². The molecule has 2 aromatic carbocycles. The topological polar surface area (TPSA) is 44.5 Å². The molecule has 0 aliphatic rings. The van der Waals surface area contributed by atoms with Gasteiger partial charge in [-0.05, 0) is 36.8 Å². The first-order valence-electron chi connectivity index (χ1n) is 7.58. The minimum absolute atomic E-state index is 0.296. The normalized spacial score (nSPS) is 10.6. The molecule has 1 heterocycles. The number of aromatic nitrogens is 1. The van der Waals surface area contributed by atoms with Gasteiger partial charge in [-0.2, -0.15) is 0 Å². The van der Waals surface area contributed by atoms with E-state index < -0.39 is 0 Å². The first-order chi connectivity index (χ1) is 11.7. The van der Waals surface area contributed by atoms with E-state index in [9.17, 15) is 0 Å². The fourth-order valence-electron chi connectivity index (χ4n) is 2.33. The lowest BCUT2D eigenvalue weighted by atomic mass is 10.2. The summed E-state index contributed by atoms with van der Waals surface area (Å²) in [5, 5.41) is 0. The molecule has 0 unspecified atom stereocenters. The number of halogens is 1. The average Bonchev–Trinajstić information content (AvgIpc) is 3.01. The third-order valence-electron chi connectivity index (χ3n) is 3.66. The number of oxazole rings is 1. The van der Waals surface area contributed by atoms with Crippen LogP contribution in [0.15, 0.2) is 52.9 Å². The van der Waals surface area contributed by atoms with Gasteiger partial charge in [0.2, 0.25) is 5.89 Å². The zero-order chi connectivity index (χ0) is 16.9. The summed E-state index contributed by atoms with van der Waals surface area (Å²) in [6.45, 7) is 2.18. The molecular weight excluding hydrogens is 326 g/mol. The van der Waals surface area contributed by atoms with Crippen LogP contribution in [0.4, 0.5) is 0 Å². The van der Waals surface area contributed by atoms with Crippen molar-refractivity contribution in [3.05, 3.63) is 65.5 Å². The number of rotatable bonds is 6. The maximum Gasteiger partial charge on any atom is 0.226 e. The van der Waals surface area contributed by atoms with Gasteiger partial charge in [0.15, 0.2) is 11.5 Å². The number of aryl methyl sites for hydroxylation is 1. The molecule has 3 rings (SSSR count). The highest BCUT2D eigenvalue weighted by Crippen LogP contribution is 2.30. The molecule has 0 aliphatic carbocycles. The van der Waals surface area contributed by atoms with Crippen molar-refractivity contribution in [1.29, 1.82) is 0 Å². The molecule has 124 valence electrons. The molecule has 5 heteroatoms. The second kappa shape index (κ2) is 7.41. The van der Waals surface area contributed by atoms with Gasteiger partial charge in [0.1, 0.15) is 18.1 Å². The Balaban J connectivity index is 1.79. The van der Waals surface area contributed by atoms with Crippen molar-refractivity contribution in [3.63, 3.8) is 0 Å². The van der Waals surface area contributed by atoms with Gasteiger partial charge in [-0.1, -0.05) is 24.3 Å². The number of nitrogens with zero attached hydrogens (tertiary/aromatic N) is 1. The van der Waals surface area contributed by atoms with Gasteiger partial charge < -0.3 is 13.9 Å². The number of benzene rings is 2. The molecule has 0 saturated heterocycles. The third kappa shape index (κ3) is 3.54. The van der Waals surface area contributed by atoms with E-state index in [2.05, 4.69) is 4.98 Å². The molecule has 0 bridgehead atoms. The van der Waals surface area contributed by atoms with Crippen molar-refractivity contribution < 1.29 is 13.9 Å². The van der Waals surface area contributed by atoms with Crippen LogP contribution in [0, 0.1) is 6.92 Å². The van der Waals surface area contributed by atoms with Crippen molar-refractivity contribution in [3.8, 4) is 23.0 Å². The maximum atomic E-state index is 5.88. The molecule has 0 fully saturated rings. The molecule has 0 amide bonds. The van der Waals surface area contributed by atoms with E-state index in [1.165, 1.54) is 0 Å². The van der Waals surface area contributed by atoms with Gasteiger partial charge in [0.05, 0.1) is 7.11 Å². The molecule has 3 aromatic rings. The van der Waals surface area contributed by atoms with Gasteiger partial charge in [0, 0.05) is 11.4 Å². The summed E-state index contributed by atoms with van der Waals surface area (Å²) in [5.74, 6) is 3.05. The van der Waals surface area contributed by atoms with E-state index in [-0.39, 0.29) is 0 Å². The number of hydrogen-bond donors (Lipinski definition) is 0. The van der Waals surface area contributed by atoms with Crippen molar-refractivity contribution in [2.45, 2.75) is 19.4 Å². The SMILES string of the molecule is COc1ccc(CCl)cc1OCc1nc(-c2ccccc2)oc1C. The molecule has 4 nitrogen and oxygen atoms in total. The van der Waals surface area contributed by atoms with E-state index >= 15 is 0 Å². The highest BCUT2D eigenvalue weighted by atomic mass is 35.5. The van der Waals surface area contributed by atoms with E-state index in [0.29, 0.717) is 29.9 Å². The van der Waals surface area contributed by atoms with Crippen LogP contribution in [0.1, 0.15) is 17.0 Å². The van der Waals surface area contributed by atoms with E-state index in [1.807, 2.05) is 55.5 Å². The van der Waals surface area contributed by atoms with Crippen LogP contribution in [0.5, 0.6) is 11.5 Å². The fourth-order valence-corrected chi connectivity index (χ4v) is 2.50. The Hall–Kier alpha value is -2.46. The monoisotopic (exact) mass is 343 g/mol. The third-order valence-corrected chi connectivity index (χ3v) is 3.97. The zero-order valence-corrected chi connectivity index (χ0v) is 14.3. The van der Waals surface area contributed by atoms with Crippen molar-refractivity contribution in [2.75, 3.05) is 7.11 Å². The predicted molar refractivity (Wildman–Crippen MR) is 93.6 cm³/mol. The molecule has 0 saturated carbocycles. The summed E-state index contributed by atoms with van der Waals surface area (Å²) in [4.78, 5) is 4.53. The Bertz CT molecular complexity index is 815. The van der Waals surface area contributed by atoms with E-state index in [1.54, 1.807) is 7.11 Å². The van der Waals surface area contributed by atoms with Crippen LogP contribution in [-0.2, 0) is 12.5 Å². The Morgan fingerprint density at radius 3 is 2.58 bits per heavy atom. The summed E-state index contributed by atoms with van der Waals surface area (Å²) >= 11 is 5.88. The van der Waals surface area contributed by atoms with E-state index in [0.717, 1.165) is 22.6 Å². The van der Waals surface area contributed by atoms with Crippen molar-refractivity contribution >= 4 is 11.6 Å². The van der Waals surface area contributed by atoms with Crippen LogP contribution < -0.4 is 9.47 Å². The fraction of sp³-hybridized carbons (Fsp3) is 0.211. The highest BCUT2D eigenvalue weighted by molar-refractivity contribution is 6.17. The molecule has 0 radical (unpaired) electrons. The molecule has 0 aliphatic heterocycles. The second-order valence-electron chi connectivity index (χ2n) is 5.30.